The number of hydrogen-bond acceptors (Lipinski definition) is 3. The van der Waals surface area contributed by atoms with E-state index >= 15 is 0 Å². The van der Waals surface area contributed by atoms with Crippen molar-refractivity contribution in [3.63, 3.8) is 0 Å². The summed E-state index contributed by atoms with van der Waals surface area (Å²) in [7, 11) is 1.76. The Balaban J connectivity index is 1.78. The first kappa shape index (κ1) is 14.4. The van der Waals surface area contributed by atoms with Gasteiger partial charge in [0.1, 0.15) is 4.88 Å². The predicted octanol–water partition coefficient (Wildman–Crippen LogP) is 2.91. The molecule has 110 valence electrons. The van der Waals surface area contributed by atoms with E-state index < -0.39 is 0 Å². The molecule has 2 aromatic rings. The molecule has 0 radical (unpaired) electrons. The van der Waals surface area contributed by atoms with Gasteiger partial charge in [0, 0.05) is 36.1 Å². The van der Waals surface area contributed by atoms with E-state index in [1.807, 2.05) is 24.3 Å². The number of fused-ring (bicyclic) bond motifs is 1. The fourth-order valence-corrected chi connectivity index (χ4v) is 3.96. The van der Waals surface area contributed by atoms with E-state index in [2.05, 4.69) is 5.32 Å². The molecular weight excluding hydrogens is 308 g/mol. The van der Waals surface area contributed by atoms with Crippen molar-refractivity contribution in [2.45, 2.75) is 18.9 Å². The maximum Gasteiger partial charge on any atom is 0.263 e. The summed E-state index contributed by atoms with van der Waals surface area (Å²) in [4.78, 5) is 26.1. The summed E-state index contributed by atoms with van der Waals surface area (Å²) in [5.41, 5.74) is 0. The number of rotatable bonds is 2. The Morgan fingerprint density at radius 3 is 2.90 bits per heavy atom. The van der Waals surface area contributed by atoms with Crippen molar-refractivity contribution >= 4 is 44.8 Å². The molecule has 1 aromatic carbocycles. The molecule has 0 bridgehead atoms. The van der Waals surface area contributed by atoms with Crippen LogP contribution in [-0.2, 0) is 4.79 Å². The van der Waals surface area contributed by atoms with Gasteiger partial charge in [0.2, 0.25) is 5.91 Å². The number of likely N-dealkylation sites (tertiary alicyclic amines) is 1. The van der Waals surface area contributed by atoms with E-state index in [1.165, 1.54) is 11.3 Å². The average molecular weight is 323 g/mol. The lowest BCUT2D eigenvalue weighted by molar-refractivity contribution is -0.132. The Morgan fingerprint density at radius 1 is 1.43 bits per heavy atom. The minimum atomic E-state index is -0.158. The molecule has 1 aromatic heterocycles. The van der Waals surface area contributed by atoms with Crippen molar-refractivity contribution in [3.05, 3.63) is 34.2 Å². The smallest absolute Gasteiger partial charge is 0.263 e. The van der Waals surface area contributed by atoms with Crippen molar-refractivity contribution in [2.75, 3.05) is 13.6 Å². The van der Waals surface area contributed by atoms with Crippen LogP contribution in [0.2, 0.25) is 5.02 Å². The second-order valence-electron chi connectivity index (χ2n) is 5.22. The predicted molar refractivity (Wildman–Crippen MR) is 85.0 cm³/mol. The molecule has 1 fully saturated rings. The van der Waals surface area contributed by atoms with Gasteiger partial charge in [-0.1, -0.05) is 29.8 Å². The zero-order chi connectivity index (χ0) is 15.0. The van der Waals surface area contributed by atoms with Gasteiger partial charge < -0.3 is 10.2 Å². The highest BCUT2D eigenvalue weighted by molar-refractivity contribution is 7.21. The number of halogens is 1. The average Bonchev–Trinajstić information content (AvgIpc) is 2.81. The monoisotopic (exact) mass is 322 g/mol. The van der Waals surface area contributed by atoms with Crippen molar-refractivity contribution in [3.8, 4) is 0 Å². The summed E-state index contributed by atoms with van der Waals surface area (Å²) in [5, 5.41) is 4.40. The van der Waals surface area contributed by atoms with Gasteiger partial charge in [-0.05, 0) is 12.5 Å². The summed E-state index contributed by atoms with van der Waals surface area (Å²) >= 11 is 7.70. The molecule has 21 heavy (non-hydrogen) atoms. The first-order valence-corrected chi connectivity index (χ1v) is 7.97. The summed E-state index contributed by atoms with van der Waals surface area (Å²) in [5.74, 6) is -0.0330. The third-order valence-electron chi connectivity index (χ3n) is 3.70. The molecule has 1 aliphatic rings. The molecule has 1 aliphatic heterocycles. The Bertz CT molecular complexity index is 713. The number of amides is 2. The van der Waals surface area contributed by atoms with Crippen LogP contribution in [0.4, 0.5) is 0 Å². The Kier molecular flexibility index (Phi) is 3.87. The van der Waals surface area contributed by atoms with Crippen molar-refractivity contribution in [2.24, 2.45) is 0 Å². The Hall–Kier alpha value is -1.59. The molecular formula is C15H15ClN2O2S. The molecule has 2 heterocycles. The van der Waals surface area contributed by atoms with Gasteiger partial charge in [-0.15, -0.1) is 11.3 Å². The highest BCUT2D eigenvalue weighted by Crippen LogP contribution is 2.35. The van der Waals surface area contributed by atoms with Gasteiger partial charge in [-0.2, -0.15) is 0 Å². The van der Waals surface area contributed by atoms with Crippen molar-refractivity contribution < 1.29 is 9.59 Å². The van der Waals surface area contributed by atoms with Crippen LogP contribution >= 0.6 is 22.9 Å². The van der Waals surface area contributed by atoms with Gasteiger partial charge in [-0.3, -0.25) is 9.59 Å². The van der Waals surface area contributed by atoms with Crippen LogP contribution in [0, 0.1) is 0 Å². The number of nitrogens with one attached hydrogen (secondary N) is 1. The van der Waals surface area contributed by atoms with E-state index in [0.29, 0.717) is 29.3 Å². The second kappa shape index (κ2) is 5.66. The van der Waals surface area contributed by atoms with Crippen LogP contribution in [-0.4, -0.2) is 36.3 Å². The second-order valence-corrected chi connectivity index (χ2v) is 6.65. The van der Waals surface area contributed by atoms with Crippen LogP contribution in [0.1, 0.15) is 22.5 Å². The fraction of sp³-hybridized carbons (Fsp3) is 0.333. The van der Waals surface area contributed by atoms with E-state index in [4.69, 9.17) is 11.6 Å². The van der Waals surface area contributed by atoms with E-state index in [9.17, 15) is 9.59 Å². The maximum atomic E-state index is 12.4. The number of piperidine rings is 1. The fourth-order valence-electron chi connectivity index (χ4n) is 2.54. The molecule has 1 atom stereocenters. The van der Waals surface area contributed by atoms with Crippen LogP contribution < -0.4 is 5.32 Å². The summed E-state index contributed by atoms with van der Waals surface area (Å²) in [6.45, 7) is 0.549. The van der Waals surface area contributed by atoms with Gasteiger partial charge in [0.25, 0.3) is 5.91 Å². The Morgan fingerprint density at radius 2 is 2.19 bits per heavy atom. The van der Waals surface area contributed by atoms with Gasteiger partial charge >= 0.3 is 0 Å². The number of thiophene rings is 1. The lowest BCUT2D eigenvalue weighted by atomic mass is 10.1. The number of likely N-dealkylation sites (N-methyl/N-ethyl adjacent to an activating group) is 1. The minimum Gasteiger partial charge on any atom is -0.347 e. The van der Waals surface area contributed by atoms with Gasteiger partial charge in [-0.25, -0.2) is 0 Å². The summed E-state index contributed by atoms with van der Waals surface area (Å²) in [6, 6.07) is 7.69. The number of hydrogen-bond donors (Lipinski definition) is 1. The maximum absolute atomic E-state index is 12.4. The van der Waals surface area contributed by atoms with Crippen LogP contribution in [0.15, 0.2) is 24.3 Å². The van der Waals surface area contributed by atoms with Crippen molar-refractivity contribution in [1.82, 2.24) is 10.2 Å². The molecule has 1 N–H and O–H groups in total. The first-order chi connectivity index (χ1) is 10.1. The molecule has 0 saturated carbocycles. The Labute approximate surface area is 131 Å². The molecule has 1 saturated heterocycles. The van der Waals surface area contributed by atoms with E-state index in [-0.39, 0.29) is 17.9 Å². The number of benzene rings is 1. The van der Waals surface area contributed by atoms with Crippen LogP contribution in [0.3, 0.4) is 0 Å². The zero-order valence-corrected chi connectivity index (χ0v) is 13.1. The highest BCUT2D eigenvalue weighted by Gasteiger charge is 2.26. The normalized spacial score (nSPS) is 19.0. The minimum absolute atomic E-state index is 0.0125. The standard InChI is InChI=1S/C15H15ClN2O2S/c1-18-8-9(6-7-12(18)19)17-15(20)14-13(16)10-4-2-3-5-11(10)21-14/h2-5,9H,6-8H2,1H3,(H,17,20). The van der Waals surface area contributed by atoms with Gasteiger partial charge in [0.15, 0.2) is 0 Å². The van der Waals surface area contributed by atoms with Crippen LogP contribution in [0.5, 0.6) is 0 Å². The molecule has 1 unspecified atom stereocenters. The van der Waals surface area contributed by atoms with E-state index in [1.54, 1.807) is 11.9 Å². The first-order valence-electron chi connectivity index (χ1n) is 6.78. The third-order valence-corrected chi connectivity index (χ3v) is 5.38. The molecule has 0 spiro atoms. The number of nitrogens with zero attached hydrogens (tertiary/aromatic N) is 1. The quantitative estimate of drug-likeness (QED) is 0.924. The molecule has 4 nitrogen and oxygen atoms in total. The molecule has 2 amide bonds. The number of carbonyl (C=O) groups is 2. The summed E-state index contributed by atoms with van der Waals surface area (Å²) in [6.07, 6.45) is 1.15. The zero-order valence-electron chi connectivity index (χ0n) is 11.6. The topological polar surface area (TPSA) is 49.4 Å². The van der Waals surface area contributed by atoms with E-state index in [0.717, 1.165) is 10.1 Å². The van der Waals surface area contributed by atoms with Gasteiger partial charge in [0.05, 0.1) is 5.02 Å². The van der Waals surface area contributed by atoms with Crippen LogP contribution in [0.25, 0.3) is 10.1 Å². The third kappa shape index (κ3) is 2.76. The molecule has 0 aliphatic carbocycles. The van der Waals surface area contributed by atoms with Crippen molar-refractivity contribution in [1.29, 1.82) is 0 Å². The number of carbonyl (C=O) groups excluding carboxylic acids is 2. The SMILES string of the molecule is CN1CC(NC(=O)c2sc3ccccc3c2Cl)CCC1=O. The lowest BCUT2D eigenvalue weighted by Gasteiger charge is -2.30. The molecule has 3 rings (SSSR count). The largest absolute Gasteiger partial charge is 0.347 e. The highest BCUT2D eigenvalue weighted by atomic mass is 35.5. The molecule has 6 heteroatoms. The summed E-state index contributed by atoms with van der Waals surface area (Å²) < 4.78 is 1.00. The lowest BCUT2D eigenvalue weighted by Crippen LogP contribution is -2.48.